The molecule has 0 spiro atoms. The molecule has 0 radical (unpaired) electrons. The number of benzene rings is 4. The van der Waals surface area contributed by atoms with Gasteiger partial charge in [0.1, 0.15) is 18.2 Å². The first kappa shape index (κ1) is 19.2. The van der Waals surface area contributed by atoms with Crippen molar-refractivity contribution in [3.05, 3.63) is 106 Å². The highest BCUT2D eigenvalue weighted by Gasteiger charge is 2.09. The molecule has 144 valence electrons. The van der Waals surface area contributed by atoms with Gasteiger partial charge < -0.3 is 10.1 Å². The van der Waals surface area contributed by atoms with E-state index in [1.165, 1.54) is 12.1 Å². The first-order chi connectivity index (χ1) is 14.1. The predicted molar refractivity (Wildman–Crippen MR) is 117 cm³/mol. The van der Waals surface area contributed by atoms with Gasteiger partial charge >= 0.3 is 0 Å². The number of hydrogen-bond acceptors (Lipinski definition) is 2. The van der Waals surface area contributed by atoms with Crippen molar-refractivity contribution in [1.82, 2.24) is 0 Å². The lowest BCUT2D eigenvalue weighted by molar-refractivity contribution is 0.102. The van der Waals surface area contributed by atoms with Gasteiger partial charge in [-0.2, -0.15) is 0 Å². The Morgan fingerprint density at radius 1 is 0.931 bits per heavy atom. The maximum absolute atomic E-state index is 13.0. The Balaban J connectivity index is 1.46. The quantitative estimate of drug-likeness (QED) is 0.373. The minimum Gasteiger partial charge on any atom is -0.489 e. The van der Waals surface area contributed by atoms with E-state index >= 15 is 0 Å². The molecule has 0 fully saturated rings. The highest BCUT2D eigenvalue weighted by molar-refractivity contribution is 9.10. The molecule has 0 heterocycles. The molecule has 0 saturated carbocycles. The zero-order chi connectivity index (χ0) is 20.2. The molecular formula is C24H17BrFNO2. The van der Waals surface area contributed by atoms with E-state index in [0.717, 1.165) is 26.5 Å². The Hall–Kier alpha value is -3.18. The molecule has 1 N–H and O–H groups in total. The minimum absolute atomic E-state index is 0.216. The summed E-state index contributed by atoms with van der Waals surface area (Å²) in [5, 5.41) is 5.05. The Kier molecular flexibility index (Phi) is 5.58. The fourth-order valence-electron chi connectivity index (χ4n) is 3.00. The van der Waals surface area contributed by atoms with Crippen LogP contribution in [0.4, 0.5) is 10.1 Å². The summed E-state index contributed by atoms with van der Waals surface area (Å²) in [6, 6.07) is 24.8. The van der Waals surface area contributed by atoms with Crippen LogP contribution in [-0.2, 0) is 6.61 Å². The number of amides is 1. The second-order valence-corrected chi connectivity index (χ2v) is 7.43. The first-order valence-electron chi connectivity index (χ1n) is 9.05. The normalized spacial score (nSPS) is 10.7. The third-order valence-electron chi connectivity index (χ3n) is 4.50. The summed E-state index contributed by atoms with van der Waals surface area (Å²) in [7, 11) is 0. The van der Waals surface area contributed by atoms with E-state index < -0.39 is 0 Å². The molecule has 0 aliphatic rings. The molecule has 1 amide bonds. The van der Waals surface area contributed by atoms with Crippen molar-refractivity contribution in [2.45, 2.75) is 6.61 Å². The Morgan fingerprint density at radius 2 is 1.72 bits per heavy atom. The molecule has 0 bridgehead atoms. The standard InChI is InChI=1S/C24H17BrFNO2/c25-23-6-2-3-17-13-20(11-12-22(17)23)27-24(28)18-4-1-5-21(14-18)29-15-16-7-9-19(26)10-8-16/h1-14H,15H2,(H,27,28). The van der Waals surface area contributed by atoms with Crippen LogP contribution in [0.1, 0.15) is 15.9 Å². The summed E-state index contributed by atoms with van der Waals surface area (Å²) in [6.07, 6.45) is 0. The van der Waals surface area contributed by atoms with Crippen LogP contribution in [-0.4, -0.2) is 5.91 Å². The highest BCUT2D eigenvalue weighted by Crippen LogP contribution is 2.26. The second kappa shape index (κ2) is 8.45. The smallest absolute Gasteiger partial charge is 0.255 e. The van der Waals surface area contributed by atoms with Crippen LogP contribution in [0.2, 0.25) is 0 Å². The van der Waals surface area contributed by atoms with Crippen LogP contribution < -0.4 is 10.1 Å². The molecule has 3 nitrogen and oxygen atoms in total. The number of rotatable bonds is 5. The van der Waals surface area contributed by atoms with Crippen molar-refractivity contribution >= 4 is 38.3 Å². The van der Waals surface area contributed by atoms with Crippen LogP contribution in [0.25, 0.3) is 10.8 Å². The predicted octanol–water partition coefficient (Wildman–Crippen LogP) is 6.57. The van der Waals surface area contributed by atoms with Gasteiger partial charge in [-0.1, -0.05) is 52.3 Å². The number of ether oxygens (including phenoxy) is 1. The van der Waals surface area contributed by atoms with Gasteiger partial charge in [0.25, 0.3) is 5.91 Å². The maximum atomic E-state index is 13.0. The third kappa shape index (κ3) is 4.63. The summed E-state index contributed by atoms with van der Waals surface area (Å²) < 4.78 is 19.7. The molecular weight excluding hydrogens is 433 g/mol. The monoisotopic (exact) mass is 449 g/mol. The van der Waals surface area contributed by atoms with E-state index in [1.54, 1.807) is 36.4 Å². The average Bonchev–Trinajstić information content (AvgIpc) is 2.74. The Morgan fingerprint density at radius 3 is 2.55 bits per heavy atom. The van der Waals surface area contributed by atoms with Crippen LogP contribution in [0.15, 0.2) is 89.4 Å². The van der Waals surface area contributed by atoms with Crippen LogP contribution in [0, 0.1) is 5.82 Å². The molecule has 0 atom stereocenters. The van der Waals surface area contributed by atoms with Gasteiger partial charge in [-0.15, -0.1) is 0 Å². The number of carbonyl (C=O) groups excluding carboxylic acids is 1. The molecule has 4 rings (SSSR count). The Labute approximate surface area is 176 Å². The fourth-order valence-corrected chi connectivity index (χ4v) is 3.51. The molecule has 0 aliphatic heterocycles. The van der Waals surface area contributed by atoms with Gasteiger partial charge in [-0.3, -0.25) is 4.79 Å². The number of fused-ring (bicyclic) bond motifs is 1. The molecule has 0 saturated heterocycles. The maximum Gasteiger partial charge on any atom is 0.255 e. The second-order valence-electron chi connectivity index (χ2n) is 6.57. The number of anilines is 1. The van der Waals surface area contributed by atoms with Crippen molar-refractivity contribution < 1.29 is 13.9 Å². The number of halogens is 2. The third-order valence-corrected chi connectivity index (χ3v) is 5.19. The van der Waals surface area contributed by atoms with Crippen molar-refractivity contribution in [2.75, 3.05) is 5.32 Å². The van der Waals surface area contributed by atoms with E-state index in [2.05, 4.69) is 21.2 Å². The summed E-state index contributed by atoms with van der Waals surface area (Å²) >= 11 is 3.53. The van der Waals surface area contributed by atoms with E-state index in [1.807, 2.05) is 36.4 Å². The average molecular weight is 450 g/mol. The molecule has 0 aliphatic carbocycles. The van der Waals surface area contributed by atoms with Crippen molar-refractivity contribution in [2.24, 2.45) is 0 Å². The van der Waals surface area contributed by atoms with E-state index in [4.69, 9.17) is 4.74 Å². The topological polar surface area (TPSA) is 38.3 Å². The molecule has 5 heteroatoms. The van der Waals surface area contributed by atoms with Gasteiger partial charge in [0.05, 0.1) is 0 Å². The van der Waals surface area contributed by atoms with E-state index in [9.17, 15) is 9.18 Å². The lowest BCUT2D eigenvalue weighted by Gasteiger charge is -2.10. The summed E-state index contributed by atoms with van der Waals surface area (Å²) in [5.74, 6) is 0.0736. The largest absolute Gasteiger partial charge is 0.489 e. The van der Waals surface area contributed by atoms with Gasteiger partial charge in [0, 0.05) is 15.7 Å². The van der Waals surface area contributed by atoms with Crippen molar-refractivity contribution in [3.63, 3.8) is 0 Å². The number of nitrogens with one attached hydrogen (secondary N) is 1. The fraction of sp³-hybridized carbons (Fsp3) is 0.0417. The highest BCUT2D eigenvalue weighted by atomic mass is 79.9. The van der Waals surface area contributed by atoms with Crippen LogP contribution in [0.3, 0.4) is 0 Å². The molecule has 4 aromatic carbocycles. The van der Waals surface area contributed by atoms with Gasteiger partial charge in [0.2, 0.25) is 0 Å². The Bertz CT molecular complexity index is 1180. The van der Waals surface area contributed by atoms with E-state index in [-0.39, 0.29) is 11.7 Å². The number of carbonyl (C=O) groups is 1. The van der Waals surface area contributed by atoms with Gasteiger partial charge in [-0.25, -0.2) is 4.39 Å². The summed E-state index contributed by atoms with van der Waals surface area (Å²) in [6.45, 7) is 0.297. The molecule has 29 heavy (non-hydrogen) atoms. The van der Waals surface area contributed by atoms with Crippen LogP contribution >= 0.6 is 15.9 Å². The lowest BCUT2D eigenvalue weighted by atomic mass is 10.1. The zero-order valence-electron chi connectivity index (χ0n) is 15.4. The van der Waals surface area contributed by atoms with Gasteiger partial charge in [-0.05, 0) is 64.9 Å². The lowest BCUT2D eigenvalue weighted by Crippen LogP contribution is -2.12. The molecule has 0 aromatic heterocycles. The molecule has 4 aromatic rings. The zero-order valence-corrected chi connectivity index (χ0v) is 16.9. The number of hydrogen-bond donors (Lipinski definition) is 1. The minimum atomic E-state index is -0.284. The SMILES string of the molecule is O=C(Nc1ccc2c(Br)cccc2c1)c1cccc(OCc2ccc(F)cc2)c1. The van der Waals surface area contributed by atoms with Crippen molar-refractivity contribution in [1.29, 1.82) is 0 Å². The summed E-state index contributed by atoms with van der Waals surface area (Å²) in [5.41, 5.74) is 2.07. The van der Waals surface area contributed by atoms with E-state index in [0.29, 0.717) is 17.9 Å². The molecule has 0 unspecified atom stereocenters. The van der Waals surface area contributed by atoms with Crippen LogP contribution in [0.5, 0.6) is 5.75 Å². The van der Waals surface area contributed by atoms with Crippen molar-refractivity contribution in [3.8, 4) is 5.75 Å². The van der Waals surface area contributed by atoms with Gasteiger partial charge in [0.15, 0.2) is 0 Å². The summed E-state index contributed by atoms with van der Waals surface area (Å²) in [4.78, 5) is 12.7. The first-order valence-corrected chi connectivity index (χ1v) is 9.85.